The number of fused-ring (bicyclic) bond motifs is 1. The molecule has 2 aromatic carbocycles. The normalized spacial score (nSPS) is 11.5. The summed E-state index contributed by atoms with van der Waals surface area (Å²) in [6.45, 7) is 1.48. The van der Waals surface area contributed by atoms with Crippen LogP contribution in [0.4, 0.5) is 0 Å². The topological polar surface area (TPSA) is 74.3 Å². The van der Waals surface area contributed by atoms with Crippen LogP contribution >= 0.6 is 0 Å². The lowest BCUT2D eigenvalue weighted by atomic mass is 10.2. The molecule has 0 amide bonds. The number of methoxy groups -OCH3 is 1. The van der Waals surface area contributed by atoms with E-state index < -0.39 is 0 Å². The highest BCUT2D eigenvalue weighted by Gasteiger charge is 2.04. The summed E-state index contributed by atoms with van der Waals surface area (Å²) in [5, 5.41) is 6.65. The first-order chi connectivity index (χ1) is 12.8. The first-order valence-electron chi connectivity index (χ1n) is 8.80. The molecule has 0 aliphatic rings. The van der Waals surface area contributed by atoms with Crippen molar-refractivity contribution < 1.29 is 4.74 Å². The molecule has 1 aromatic heterocycles. The Kier molecular flexibility index (Phi) is 6.09. The molecule has 0 aliphatic carbocycles. The minimum absolute atomic E-state index is 0.660. The number of nitrogens with zero attached hydrogens (tertiary/aromatic N) is 2. The van der Waals surface area contributed by atoms with E-state index in [9.17, 15) is 0 Å². The van der Waals surface area contributed by atoms with Gasteiger partial charge in [-0.25, -0.2) is 4.98 Å². The van der Waals surface area contributed by atoms with Gasteiger partial charge in [-0.1, -0.05) is 30.3 Å². The number of aromatic amines is 1. The second-order valence-electron chi connectivity index (χ2n) is 5.97. The third kappa shape index (κ3) is 4.53. The van der Waals surface area contributed by atoms with E-state index in [0.29, 0.717) is 6.54 Å². The molecule has 0 fully saturated rings. The summed E-state index contributed by atoms with van der Waals surface area (Å²) >= 11 is 0. The molecule has 136 valence electrons. The van der Waals surface area contributed by atoms with Gasteiger partial charge in [-0.3, -0.25) is 4.99 Å². The summed E-state index contributed by atoms with van der Waals surface area (Å²) in [4.78, 5) is 12.2. The van der Waals surface area contributed by atoms with Crippen molar-refractivity contribution in [1.29, 1.82) is 0 Å². The summed E-state index contributed by atoms with van der Waals surface area (Å²) in [7, 11) is 3.46. The first-order valence-corrected chi connectivity index (χ1v) is 8.80. The molecule has 26 heavy (non-hydrogen) atoms. The SMILES string of the molecule is CN=C(NCCCc1nc2ccccc2[nH]1)NCc1ccccc1OC. The number of ether oxygens (including phenoxy) is 1. The van der Waals surface area contributed by atoms with Gasteiger partial charge in [0.25, 0.3) is 0 Å². The second kappa shape index (κ2) is 8.89. The lowest BCUT2D eigenvalue weighted by molar-refractivity contribution is 0.409. The highest BCUT2D eigenvalue weighted by molar-refractivity contribution is 5.79. The van der Waals surface area contributed by atoms with Gasteiger partial charge in [-0.2, -0.15) is 0 Å². The number of nitrogens with one attached hydrogen (secondary N) is 3. The van der Waals surface area contributed by atoms with Crippen LogP contribution in [0, 0.1) is 0 Å². The third-order valence-corrected chi connectivity index (χ3v) is 4.18. The van der Waals surface area contributed by atoms with Crippen molar-refractivity contribution in [1.82, 2.24) is 20.6 Å². The Bertz CT molecular complexity index is 838. The molecule has 0 saturated heterocycles. The van der Waals surface area contributed by atoms with Crippen LogP contribution in [0.3, 0.4) is 0 Å². The van der Waals surface area contributed by atoms with E-state index in [2.05, 4.69) is 25.6 Å². The van der Waals surface area contributed by atoms with Crippen LogP contribution in [0.1, 0.15) is 17.8 Å². The summed E-state index contributed by atoms with van der Waals surface area (Å²) in [5.41, 5.74) is 3.20. The van der Waals surface area contributed by atoms with Crippen molar-refractivity contribution in [2.45, 2.75) is 19.4 Å². The maximum absolute atomic E-state index is 5.37. The summed E-state index contributed by atoms with van der Waals surface area (Å²) in [5.74, 6) is 2.67. The van der Waals surface area contributed by atoms with Crippen molar-refractivity contribution in [3.8, 4) is 5.75 Å². The molecular formula is C20H25N5O. The van der Waals surface area contributed by atoms with Gasteiger partial charge in [0.15, 0.2) is 5.96 Å². The predicted octanol–water partition coefficient (Wildman–Crippen LogP) is 2.87. The van der Waals surface area contributed by atoms with Crippen molar-refractivity contribution >= 4 is 17.0 Å². The molecule has 3 rings (SSSR count). The average molecular weight is 351 g/mol. The van der Waals surface area contributed by atoms with E-state index in [1.165, 1.54) is 0 Å². The number of H-pyrrole nitrogens is 1. The minimum Gasteiger partial charge on any atom is -0.496 e. The predicted molar refractivity (Wildman–Crippen MR) is 106 cm³/mol. The fraction of sp³-hybridized carbons (Fsp3) is 0.300. The smallest absolute Gasteiger partial charge is 0.191 e. The average Bonchev–Trinajstić information content (AvgIpc) is 3.10. The standard InChI is InChI=1S/C20H25N5O/c1-21-20(23-14-15-8-3-6-11-18(15)26-2)22-13-7-12-19-24-16-9-4-5-10-17(16)25-19/h3-6,8-11H,7,12-14H2,1-2H3,(H,24,25)(H2,21,22,23). The molecule has 0 atom stereocenters. The molecule has 0 unspecified atom stereocenters. The van der Waals surface area contributed by atoms with E-state index in [0.717, 1.165) is 53.5 Å². The largest absolute Gasteiger partial charge is 0.496 e. The van der Waals surface area contributed by atoms with Crippen molar-refractivity contribution in [3.63, 3.8) is 0 Å². The van der Waals surface area contributed by atoms with Gasteiger partial charge in [-0.05, 0) is 24.6 Å². The molecule has 0 radical (unpaired) electrons. The van der Waals surface area contributed by atoms with Gasteiger partial charge in [0, 0.05) is 32.1 Å². The Balaban J connectivity index is 1.44. The summed E-state index contributed by atoms with van der Waals surface area (Å²) in [6.07, 6.45) is 1.86. The molecule has 3 aromatic rings. The highest BCUT2D eigenvalue weighted by Crippen LogP contribution is 2.16. The monoisotopic (exact) mass is 351 g/mol. The lowest BCUT2D eigenvalue weighted by Crippen LogP contribution is -2.37. The van der Waals surface area contributed by atoms with Crippen LogP contribution in [-0.2, 0) is 13.0 Å². The molecule has 3 N–H and O–H groups in total. The zero-order valence-corrected chi connectivity index (χ0v) is 15.2. The third-order valence-electron chi connectivity index (χ3n) is 4.18. The minimum atomic E-state index is 0.660. The Morgan fingerprint density at radius 1 is 1.12 bits per heavy atom. The van der Waals surface area contributed by atoms with E-state index >= 15 is 0 Å². The molecule has 6 nitrogen and oxygen atoms in total. The lowest BCUT2D eigenvalue weighted by Gasteiger charge is -2.13. The Morgan fingerprint density at radius 2 is 1.92 bits per heavy atom. The van der Waals surface area contributed by atoms with Crippen LogP contribution < -0.4 is 15.4 Å². The molecule has 0 spiro atoms. The fourth-order valence-electron chi connectivity index (χ4n) is 2.84. The molecular weight excluding hydrogens is 326 g/mol. The van der Waals surface area contributed by atoms with Gasteiger partial charge in [0.1, 0.15) is 11.6 Å². The zero-order valence-electron chi connectivity index (χ0n) is 15.2. The molecule has 0 aliphatic heterocycles. The van der Waals surface area contributed by atoms with Crippen molar-refractivity contribution in [2.75, 3.05) is 20.7 Å². The number of aliphatic imine (C=N–C) groups is 1. The number of rotatable bonds is 7. The number of benzene rings is 2. The number of para-hydroxylation sites is 3. The zero-order chi connectivity index (χ0) is 18.2. The molecule has 0 bridgehead atoms. The summed E-state index contributed by atoms with van der Waals surface area (Å²) in [6, 6.07) is 16.1. The van der Waals surface area contributed by atoms with Crippen LogP contribution in [-0.4, -0.2) is 36.6 Å². The fourth-order valence-corrected chi connectivity index (χ4v) is 2.84. The number of hydrogen-bond donors (Lipinski definition) is 3. The van der Waals surface area contributed by atoms with E-state index in [-0.39, 0.29) is 0 Å². The number of hydrogen-bond acceptors (Lipinski definition) is 3. The van der Waals surface area contributed by atoms with Crippen LogP contribution in [0.2, 0.25) is 0 Å². The number of imidazole rings is 1. The maximum Gasteiger partial charge on any atom is 0.191 e. The number of aromatic nitrogens is 2. The quantitative estimate of drug-likeness (QED) is 0.348. The van der Waals surface area contributed by atoms with Gasteiger partial charge in [0.2, 0.25) is 0 Å². The van der Waals surface area contributed by atoms with Crippen LogP contribution in [0.25, 0.3) is 11.0 Å². The van der Waals surface area contributed by atoms with Crippen LogP contribution in [0.15, 0.2) is 53.5 Å². The number of aryl methyl sites for hydroxylation is 1. The van der Waals surface area contributed by atoms with E-state index in [4.69, 9.17) is 4.74 Å². The van der Waals surface area contributed by atoms with Gasteiger partial charge >= 0.3 is 0 Å². The number of guanidine groups is 1. The van der Waals surface area contributed by atoms with Crippen LogP contribution in [0.5, 0.6) is 5.75 Å². The van der Waals surface area contributed by atoms with Gasteiger partial charge in [-0.15, -0.1) is 0 Å². The molecule has 0 saturated carbocycles. The van der Waals surface area contributed by atoms with Crippen molar-refractivity contribution in [2.24, 2.45) is 4.99 Å². The highest BCUT2D eigenvalue weighted by atomic mass is 16.5. The summed E-state index contributed by atoms with van der Waals surface area (Å²) < 4.78 is 5.37. The van der Waals surface area contributed by atoms with Crippen molar-refractivity contribution in [3.05, 3.63) is 59.9 Å². The van der Waals surface area contributed by atoms with E-state index in [1.807, 2.05) is 48.5 Å². The Morgan fingerprint density at radius 3 is 2.73 bits per heavy atom. The Labute approximate surface area is 153 Å². The Hall–Kier alpha value is -3.02. The molecule has 6 heteroatoms. The molecule has 1 heterocycles. The second-order valence-corrected chi connectivity index (χ2v) is 5.97. The van der Waals surface area contributed by atoms with E-state index in [1.54, 1.807) is 14.2 Å². The van der Waals surface area contributed by atoms with Gasteiger partial charge in [0.05, 0.1) is 18.1 Å². The van der Waals surface area contributed by atoms with Gasteiger partial charge < -0.3 is 20.4 Å². The first kappa shape index (κ1) is 17.8. The maximum atomic E-state index is 5.37.